The number of hydrogen-bond donors (Lipinski definition) is 1. The maximum absolute atomic E-state index is 13.3. The molecule has 0 atom stereocenters. The first-order chi connectivity index (χ1) is 16.3. The highest BCUT2D eigenvalue weighted by Gasteiger charge is 2.36. The van der Waals surface area contributed by atoms with Crippen molar-refractivity contribution in [3.63, 3.8) is 0 Å². The third kappa shape index (κ3) is 5.17. The van der Waals surface area contributed by atoms with E-state index in [9.17, 15) is 18.0 Å². The van der Waals surface area contributed by atoms with Crippen molar-refractivity contribution in [2.75, 3.05) is 19.0 Å². The second-order valence-corrected chi connectivity index (χ2v) is 6.93. The minimum atomic E-state index is -4.78. The zero-order chi connectivity index (χ0) is 24.1. The minimum Gasteiger partial charge on any atom is -0.465 e. The molecule has 0 aliphatic carbocycles. The summed E-state index contributed by atoms with van der Waals surface area (Å²) in [6.07, 6.45) is 1.16. The number of nitrogens with zero attached hydrogens (tertiary/aromatic N) is 5. The predicted octanol–water partition coefficient (Wildman–Crippen LogP) is 4.07. The highest BCUT2D eigenvalue weighted by molar-refractivity contribution is 5.91. The number of halogens is 3. The summed E-state index contributed by atoms with van der Waals surface area (Å²) < 4.78 is 49.8. The molecule has 1 aromatic carbocycles. The number of nitrogens with one attached hydrogen (secondary N) is 1. The molecule has 4 aromatic rings. The molecule has 0 aliphatic heterocycles. The molecule has 0 radical (unpaired) electrons. The third-order valence-corrected chi connectivity index (χ3v) is 4.71. The smallest absolute Gasteiger partial charge is 0.417 e. The lowest BCUT2D eigenvalue weighted by Gasteiger charge is -2.13. The van der Waals surface area contributed by atoms with E-state index < -0.39 is 23.3 Å². The summed E-state index contributed by atoms with van der Waals surface area (Å²) in [7, 11) is 0.994. The van der Waals surface area contributed by atoms with E-state index in [1.165, 1.54) is 6.33 Å². The molecule has 0 unspecified atom stereocenters. The summed E-state index contributed by atoms with van der Waals surface area (Å²) in [5, 5.41) is 3.19. The fourth-order valence-corrected chi connectivity index (χ4v) is 3.09. The molecule has 0 bridgehead atoms. The van der Waals surface area contributed by atoms with Crippen LogP contribution in [-0.4, -0.2) is 44.5 Å². The fourth-order valence-electron chi connectivity index (χ4n) is 3.09. The van der Waals surface area contributed by atoms with Crippen molar-refractivity contribution >= 4 is 23.0 Å². The van der Waals surface area contributed by atoms with Crippen LogP contribution in [0.3, 0.4) is 0 Å². The number of benzene rings is 1. The Balaban J connectivity index is 1.40. The van der Waals surface area contributed by atoms with Gasteiger partial charge in [0.25, 0.3) is 0 Å². The van der Waals surface area contributed by atoms with Gasteiger partial charge in [-0.3, -0.25) is 0 Å². The maximum atomic E-state index is 13.3. The number of alkyl halides is 3. The molecule has 0 saturated heterocycles. The van der Waals surface area contributed by atoms with E-state index in [1.54, 1.807) is 36.7 Å². The van der Waals surface area contributed by atoms with Crippen molar-refractivity contribution < 1.29 is 27.4 Å². The van der Waals surface area contributed by atoms with Crippen LogP contribution >= 0.6 is 0 Å². The first-order valence-electron chi connectivity index (χ1n) is 9.93. The molecule has 1 N–H and O–H groups in total. The molecule has 3 heterocycles. The Morgan fingerprint density at radius 1 is 1.03 bits per heavy atom. The molecular weight excluding hydrogens is 453 g/mol. The molecule has 0 aliphatic rings. The molecule has 12 heteroatoms. The van der Waals surface area contributed by atoms with Crippen LogP contribution in [0.1, 0.15) is 21.5 Å². The minimum absolute atomic E-state index is 0.292. The van der Waals surface area contributed by atoms with Crippen molar-refractivity contribution in [1.82, 2.24) is 24.9 Å². The van der Waals surface area contributed by atoms with Gasteiger partial charge in [0.15, 0.2) is 11.5 Å². The van der Waals surface area contributed by atoms with Crippen LogP contribution in [0.4, 0.5) is 19.0 Å². The Kier molecular flexibility index (Phi) is 6.48. The van der Waals surface area contributed by atoms with Gasteiger partial charge in [-0.15, -0.1) is 0 Å². The number of fused-ring (bicyclic) bond motifs is 1. The number of ether oxygens (including phenoxy) is 2. The van der Waals surface area contributed by atoms with Crippen LogP contribution in [0.5, 0.6) is 11.6 Å². The van der Waals surface area contributed by atoms with Gasteiger partial charge in [0, 0.05) is 31.2 Å². The molecule has 0 spiro atoms. The van der Waals surface area contributed by atoms with E-state index in [0.717, 1.165) is 18.9 Å². The average molecular weight is 470 g/mol. The van der Waals surface area contributed by atoms with Gasteiger partial charge in [-0.2, -0.15) is 13.2 Å². The molecule has 0 fully saturated rings. The summed E-state index contributed by atoms with van der Waals surface area (Å²) in [5.74, 6) is -0.572. The lowest BCUT2D eigenvalue weighted by molar-refractivity contribution is -0.138. The van der Waals surface area contributed by atoms with E-state index in [-0.39, 0.29) is 5.88 Å². The highest BCUT2D eigenvalue weighted by atomic mass is 19.4. The summed E-state index contributed by atoms with van der Waals surface area (Å²) in [5.41, 5.74) is 0.136. The Bertz CT molecular complexity index is 1310. The zero-order valence-electron chi connectivity index (χ0n) is 17.7. The summed E-state index contributed by atoms with van der Waals surface area (Å²) in [6.45, 7) is 0.550. The Morgan fingerprint density at radius 3 is 2.53 bits per heavy atom. The normalized spacial score (nSPS) is 11.3. The van der Waals surface area contributed by atoms with Crippen LogP contribution < -0.4 is 10.1 Å². The van der Waals surface area contributed by atoms with Gasteiger partial charge in [0.1, 0.15) is 17.6 Å². The molecule has 34 heavy (non-hydrogen) atoms. The topological polar surface area (TPSA) is 112 Å². The number of aromatic nitrogens is 5. The largest absolute Gasteiger partial charge is 0.465 e. The van der Waals surface area contributed by atoms with Gasteiger partial charge in [0.2, 0.25) is 5.88 Å². The average Bonchev–Trinajstić information content (AvgIpc) is 2.84. The number of esters is 1. The number of anilines is 1. The van der Waals surface area contributed by atoms with Gasteiger partial charge in [0.05, 0.1) is 18.2 Å². The second-order valence-electron chi connectivity index (χ2n) is 6.93. The molecular formula is C22H17F3N6O3. The van der Waals surface area contributed by atoms with Crippen molar-refractivity contribution in [3.05, 3.63) is 71.9 Å². The van der Waals surface area contributed by atoms with Crippen LogP contribution in [0, 0.1) is 0 Å². The summed E-state index contributed by atoms with van der Waals surface area (Å²) in [4.78, 5) is 32.0. The monoisotopic (exact) mass is 470 g/mol. The second kappa shape index (κ2) is 9.65. The Morgan fingerprint density at radius 2 is 1.79 bits per heavy atom. The first-order valence-corrected chi connectivity index (χ1v) is 9.93. The van der Waals surface area contributed by atoms with E-state index in [2.05, 4.69) is 35.0 Å². The SMILES string of the molecule is COC(=O)c1cnc(Oc2ccc(CCNc3ncnc4nccnc34)cc2)cc1C(F)(F)F. The van der Waals surface area contributed by atoms with Crippen molar-refractivity contribution in [1.29, 1.82) is 0 Å². The first kappa shape index (κ1) is 22.8. The molecule has 4 rings (SSSR count). The van der Waals surface area contributed by atoms with E-state index in [0.29, 0.717) is 41.8 Å². The van der Waals surface area contributed by atoms with E-state index in [1.807, 2.05) is 0 Å². The molecule has 174 valence electrons. The number of hydrogen-bond acceptors (Lipinski definition) is 9. The standard InChI is InChI=1S/C22H17F3N6O3/c1-33-21(32)15-11-29-17(10-16(15)22(23,24)25)34-14-4-2-13(3-5-14)6-7-27-19-18-20(31-12-30-19)28-9-8-26-18/h2-5,8-12H,6-7H2,1H3,(H,27,28,30,31). The summed E-state index contributed by atoms with van der Waals surface area (Å²) in [6, 6.07) is 7.46. The Labute approximate surface area is 191 Å². The van der Waals surface area contributed by atoms with Crippen LogP contribution in [-0.2, 0) is 17.3 Å². The van der Waals surface area contributed by atoms with Crippen molar-refractivity contribution in [3.8, 4) is 11.6 Å². The van der Waals surface area contributed by atoms with Gasteiger partial charge >= 0.3 is 12.1 Å². The lowest BCUT2D eigenvalue weighted by atomic mass is 10.1. The quantitative estimate of drug-likeness (QED) is 0.400. The van der Waals surface area contributed by atoms with Gasteiger partial charge in [-0.25, -0.2) is 29.7 Å². The van der Waals surface area contributed by atoms with Gasteiger partial charge in [-0.1, -0.05) is 12.1 Å². The maximum Gasteiger partial charge on any atom is 0.417 e. The predicted molar refractivity (Wildman–Crippen MR) is 114 cm³/mol. The highest BCUT2D eigenvalue weighted by Crippen LogP contribution is 2.34. The van der Waals surface area contributed by atoms with Crippen molar-refractivity contribution in [2.24, 2.45) is 0 Å². The molecule has 3 aromatic heterocycles. The van der Waals surface area contributed by atoms with Crippen LogP contribution in [0.25, 0.3) is 11.2 Å². The zero-order valence-corrected chi connectivity index (χ0v) is 17.7. The Hall–Kier alpha value is -4.35. The molecule has 9 nitrogen and oxygen atoms in total. The number of rotatable bonds is 7. The number of carbonyl (C=O) groups excluding carboxylic acids is 1. The summed E-state index contributed by atoms with van der Waals surface area (Å²) >= 11 is 0. The van der Waals surface area contributed by atoms with Gasteiger partial charge < -0.3 is 14.8 Å². The fraction of sp³-hybridized carbons (Fsp3) is 0.182. The van der Waals surface area contributed by atoms with E-state index in [4.69, 9.17) is 4.74 Å². The van der Waals surface area contributed by atoms with Crippen LogP contribution in [0.15, 0.2) is 55.2 Å². The van der Waals surface area contributed by atoms with Gasteiger partial charge in [-0.05, 0) is 24.1 Å². The van der Waals surface area contributed by atoms with E-state index >= 15 is 0 Å². The lowest BCUT2D eigenvalue weighted by Crippen LogP contribution is -2.15. The molecule has 0 saturated carbocycles. The number of methoxy groups -OCH3 is 1. The molecule has 0 amide bonds. The van der Waals surface area contributed by atoms with Crippen LogP contribution in [0.2, 0.25) is 0 Å². The number of pyridine rings is 1. The third-order valence-electron chi connectivity index (χ3n) is 4.71. The number of carbonyl (C=O) groups is 1. The van der Waals surface area contributed by atoms with Crippen molar-refractivity contribution in [2.45, 2.75) is 12.6 Å².